The lowest BCUT2D eigenvalue weighted by atomic mass is 9.88. The standard InChI is InChI=1S/C28H34N2O5/c1-2-25(27(33)29-16-19(15-26(31)32)18-9-3-4-10-18)30-28(34)35-17-24-22-13-7-5-11-20(22)21-12-6-8-14-23(21)24/h5-8,11-14,18-19,24-25H,2-4,9-10,15-17H2,1H3,(H,29,33)(H,30,34)(H,31,32)/t19?,25-/m0/s1. The van der Waals surface area contributed by atoms with E-state index in [9.17, 15) is 19.5 Å². The Bertz CT molecular complexity index is 1020. The summed E-state index contributed by atoms with van der Waals surface area (Å²) in [6.07, 6.45) is 4.04. The molecule has 2 aromatic rings. The highest BCUT2D eigenvalue weighted by Gasteiger charge is 2.31. The molecule has 186 valence electrons. The molecular weight excluding hydrogens is 444 g/mol. The Morgan fingerprint density at radius 3 is 2.17 bits per heavy atom. The van der Waals surface area contributed by atoms with Crippen molar-refractivity contribution in [2.45, 2.75) is 57.4 Å². The fourth-order valence-corrected chi connectivity index (χ4v) is 5.55. The monoisotopic (exact) mass is 478 g/mol. The molecule has 0 aromatic heterocycles. The summed E-state index contributed by atoms with van der Waals surface area (Å²) >= 11 is 0. The maximum atomic E-state index is 12.8. The summed E-state index contributed by atoms with van der Waals surface area (Å²) in [5, 5.41) is 14.8. The zero-order valence-electron chi connectivity index (χ0n) is 20.2. The van der Waals surface area contributed by atoms with E-state index in [1.807, 2.05) is 31.2 Å². The molecule has 2 aliphatic carbocycles. The number of benzene rings is 2. The van der Waals surface area contributed by atoms with Gasteiger partial charge in [-0.1, -0.05) is 81.1 Å². The molecule has 2 aromatic carbocycles. The van der Waals surface area contributed by atoms with Gasteiger partial charge in [0, 0.05) is 12.5 Å². The molecule has 0 saturated heterocycles. The second kappa shape index (κ2) is 11.4. The summed E-state index contributed by atoms with van der Waals surface area (Å²) in [5.41, 5.74) is 4.56. The van der Waals surface area contributed by atoms with Crippen LogP contribution in [0, 0.1) is 11.8 Å². The smallest absolute Gasteiger partial charge is 0.407 e. The van der Waals surface area contributed by atoms with Gasteiger partial charge in [0.1, 0.15) is 12.6 Å². The predicted molar refractivity (Wildman–Crippen MR) is 133 cm³/mol. The van der Waals surface area contributed by atoms with Gasteiger partial charge in [0.25, 0.3) is 0 Å². The van der Waals surface area contributed by atoms with Gasteiger partial charge in [0.05, 0.1) is 6.42 Å². The molecule has 0 spiro atoms. The zero-order valence-corrected chi connectivity index (χ0v) is 20.2. The van der Waals surface area contributed by atoms with E-state index in [2.05, 4.69) is 34.9 Å². The Balaban J connectivity index is 1.31. The van der Waals surface area contributed by atoms with E-state index in [4.69, 9.17) is 4.74 Å². The van der Waals surface area contributed by atoms with Gasteiger partial charge in [-0.3, -0.25) is 9.59 Å². The van der Waals surface area contributed by atoms with Crippen LogP contribution in [-0.4, -0.2) is 42.3 Å². The van der Waals surface area contributed by atoms with Crippen LogP contribution in [-0.2, 0) is 14.3 Å². The van der Waals surface area contributed by atoms with Crippen molar-refractivity contribution < 1.29 is 24.2 Å². The number of rotatable bonds is 10. The third kappa shape index (κ3) is 5.84. The second-order valence-electron chi connectivity index (χ2n) is 9.58. The van der Waals surface area contributed by atoms with Crippen LogP contribution in [0.2, 0.25) is 0 Å². The number of carboxylic acid groups (broad SMARTS) is 1. The van der Waals surface area contributed by atoms with Gasteiger partial charge in [0.15, 0.2) is 0 Å². The summed E-state index contributed by atoms with van der Waals surface area (Å²) in [4.78, 5) is 36.7. The normalized spacial score (nSPS) is 16.7. The number of carbonyl (C=O) groups excluding carboxylic acids is 2. The summed E-state index contributed by atoms with van der Waals surface area (Å²) in [6.45, 7) is 2.30. The highest BCUT2D eigenvalue weighted by atomic mass is 16.5. The Labute approximate surface area is 206 Å². The summed E-state index contributed by atoms with van der Waals surface area (Å²) in [6, 6.07) is 15.5. The molecule has 35 heavy (non-hydrogen) atoms. The van der Waals surface area contributed by atoms with Gasteiger partial charge >= 0.3 is 12.1 Å². The van der Waals surface area contributed by atoms with E-state index in [-0.39, 0.29) is 30.8 Å². The Morgan fingerprint density at radius 2 is 1.60 bits per heavy atom. The first-order chi connectivity index (χ1) is 17.0. The van der Waals surface area contributed by atoms with Crippen molar-refractivity contribution in [3.05, 3.63) is 59.7 Å². The number of amides is 2. The maximum absolute atomic E-state index is 12.8. The summed E-state index contributed by atoms with van der Waals surface area (Å²) in [5.74, 6) is -0.980. The Morgan fingerprint density at radius 1 is 1.00 bits per heavy atom. The van der Waals surface area contributed by atoms with Crippen molar-refractivity contribution in [2.75, 3.05) is 13.2 Å². The van der Waals surface area contributed by atoms with Crippen molar-refractivity contribution in [3.8, 4) is 11.1 Å². The van der Waals surface area contributed by atoms with E-state index in [1.54, 1.807) is 0 Å². The Kier molecular flexibility index (Phi) is 8.06. The number of carboxylic acids is 1. The highest BCUT2D eigenvalue weighted by molar-refractivity contribution is 5.85. The number of hydrogen-bond donors (Lipinski definition) is 3. The molecule has 0 bridgehead atoms. The largest absolute Gasteiger partial charge is 0.481 e. The highest BCUT2D eigenvalue weighted by Crippen LogP contribution is 2.44. The molecule has 2 atom stereocenters. The minimum atomic E-state index is -0.847. The van der Waals surface area contributed by atoms with Gasteiger partial charge in [-0.2, -0.15) is 0 Å². The van der Waals surface area contributed by atoms with Crippen molar-refractivity contribution in [3.63, 3.8) is 0 Å². The van der Waals surface area contributed by atoms with Crippen LogP contribution in [0.15, 0.2) is 48.5 Å². The van der Waals surface area contributed by atoms with Crippen molar-refractivity contribution in [1.82, 2.24) is 10.6 Å². The van der Waals surface area contributed by atoms with E-state index in [0.717, 1.165) is 47.9 Å². The average Bonchev–Trinajstić information content (AvgIpc) is 3.50. The molecule has 0 radical (unpaired) electrons. The first-order valence-electron chi connectivity index (χ1n) is 12.6. The molecule has 3 N–H and O–H groups in total. The van der Waals surface area contributed by atoms with Crippen LogP contribution in [0.1, 0.15) is 62.5 Å². The molecule has 0 aliphatic heterocycles. The first kappa shape index (κ1) is 24.8. The molecule has 1 unspecified atom stereocenters. The lowest BCUT2D eigenvalue weighted by molar-refractivity contribution is -0.138. The number of alkyl carbamates (subject to hydrolysis) is 1. The molecule has 7 heteroatoms. The SMILES string of the molecule is CC[C@H](NC(=O)OCC1c2ccccc2-c2ccccc21)C(=O)NCC(CC(=O)O)C1CCCC1. The topological polar surface area (TPSA) is 105 Å². The van der Waals surface area contributed by atoms with E-state index < -0.39 is 18.1 Å². The van der Waals surface area contributed by atoms with Gasteiger partial charge in [-0.15, -0.1) is 0 Å². The minimum absolute atomic E-state index is 0.0432. The van der Waals surface area contributed by atoms with Crippen molar-refractivity contribution >= 4 is 18.0 Å². The molecule has 7 nitrogen and oxygen atoms in total. The third-order valence-corrected chi connectivity index (χ3v) is 7.40. The van der Waals surface area contributed by atoms with Crippen LogP contribution in [0.5, 0.6) is 0 Å². The fourth-order valence-electron chi connectivity index (χ4n) is 5.55. The lowest BCUT2D eigenvalue weighted by Crippen LogP contribution is -2.48. The van der Waals surface area contributed by atoms with Crippen LogP contribution in [0.25, 0.3) is 11.1 Å². The van der Waals surface area contributed by atoms with Crippen molar-refractivity contribution in [1.29, 1.82) is 0 Å². The molecular formula is C28H34N2O5. The second-order valence-corrected chi connectivity index (χ2v) is 9.58. The number of nitrogens with one attached hydrogen (secondary N) is 2. The molecule has 1 saturated carbocycles. The minimum Gasteiger partial charge on any atom is -0.481 e. The quantitative estimate of drug-likeness (QED) is 0.459. The number of ether oxygens (including phenoxy) is 1. The van der Waals surface area contributed by atoms with Crippen LogP contribution in [0.3, 0.4) is 0 Å². The number of aliphatic carboxylic acids is 1. The molecule has 2 amide bonds. The van der Waals surface area contributed by atoms with Crippen LogP contribution < -0.4 is 10.6 Å². The number of fused-ring (bicyclic) bond motifs is 3. The molecule has 2 aliphatic rings. The summed E-state index contributed by atoms with van der Waals surface area (Å²) < 4.78 is 5.57. The first-order valence-corrected chi connectivity index (χ1v) is 12.6. The molecule has 1 fully saturated rings. The Hall–Kier alpha value is -3.35. The van der Waals surface area contributed by atoms with Gasteiger partial charge < -0.3 is 20.5 Å². The average molecular weight is 479 g/mol. The van der Waals surface area contributed by atoms with E-state index in [0.29, 0.717) is 18.9 Å². The fraction of sp³-hybridized carbons (Fsp3) is 0.464. The third-order valence-electron chi connectivity index (χ3n) is 7.40. The number of carbonyl (C=O) groups is 3. The van der Waals surface area contributed by atoms with E-state index in [1.165, 1.54) is 0 Å². The van der Waals surface area contributed by atoms with Crippen LogP contribution >= 0.6 is 0 Å². The predicted octanol–water partition coefficient (Wildman–Crippen LogP) is 4.70. The molecule has 4 rings (SSSR count). The zero-order chi connectivity index (χ0) is 24.8. The van der Waals surface area contributed by atoms with Gasteiger partial charge in [-0.05, 0) is 40.5 Å². The summed E-state index contributed by atoms with van der Waals surface area (Å²) in [7, 11) is 0. The lowest BCUT2D eigenvalue weighted by Gasteiger charge is -2.24. The number of hydrogen-bond acceptors (Lipinski definition) is 4. The van der Waals surface area contributed by atoms with E-state index >= 15 is 0 Å². The van der Waals surface area contributed by atoms with Crippen molar-refractivity contribution in [2.24, 2.45) is 11.8 Å². The van der Waals surface area contributed by atoms with Crippen LogP contribution in [0.4, 0.5) is 4.79 Å². The van der Waals surface area contributed by atoms with Gasteiger partial charge in [0.2, 0.25) is 5.91 Å². The maximum Gasteiger partial charge on any atom is 0.407 e. The molecule has 0 heterocycles. The van der Waals surface area contributed by atoms with Gasteiger partial charge in [-0.25, -0.2) is 4.79 Å².